The van der Waals surface area contributed by atoms with Crippen LogP contribution in [-0.4, -0.2) is 19.1 Å². The van der Waals surface area contributed by atoms with Gasteiger partial charge in [0.25, 0.3) is 5.91 Å². The van der Waals surface area contributed by atoms with Gasteiger partial charge >= 0.3 is 0 Å². The zero-order valence-electron chi connectivity index (χ0n) is 10.2. The molecular weight excluding hydrogens is 214 g/mol. The number of carbonyl (C=O) groups excluding carboxylic acids is 1. The maximum absolute atomic E-state index is 11.9. The predicted molar refractivity (Wildman–Crippen MR) is 68.0 cm³/mol. The molecule has 3 nitrogen and oxygen atoms in total. The summed E-state index contributed by atoms with van der Waals surface area (Å²) in [6.45, 7) is 1.99. The summed E-state index contributed by atoms with van der Waals surface area (Å²) in [7, 11) is 1.57. The fourth-order valence-electron chi connectivity index (χ4n) is 1.47. The summed E-state index contributed by atoms with van der Waals surface area (Å²) in [5.41, 5.74) is 0.583. The molecule has 1 rings (SSSR count). The number of nitrogens with one attached hydrogen (secondary N) is 1. The van der Waals surface area contributed by atoms with Crippen LogP contribution in [0.15, 0.2) is 24.3 Å². The molecule has 0 saturated carbocycles. The van der Waals surface area contributed by atoms with Crippen molar-refractivity contribution in [2.75, 3.05) is 7.11 Å². The Morgan fingerprint density at radius 3 is 2.94 bits per heavy atom. The summed E-state index contributed by atoms with van der Waals surface area (Å²) in [6.07, 6.45) is 6.61. The second-order valence-corrected chi connectivity index (χ2v) is 3.72. The van der Waals surface area contributed by atoms with Crippen molar-refractivity contribution in [3.8, 4) is 18.1 Å². The van der Waals surface area contributed by atoms with Crippen LogP contribution in [0.2, 0.25) is 0 Å². The van der Waals surface area contributed by atoms with E-state index in [1.807, 2.05) is 6.92 Å². The first-order valence-corrected chi connectivity index (χ1v) is 5.59. The van der Waals surface area contributed by atoms with Crippen LogP contribution < -0.4 is 10.1 Å². The number of amides is 1. The molecule has 0 heterocycles. The SMILES string of the molecule is C#CCC(CC)NC(=O)c1cccc(OC)c1. The van der Waals surface area contributed by atoms with Crippen molar-refractivity contribution in [1.82, 2.24) is 5.32 Å². The van der Waals surface area contributed by atoms with Crippen molar-refractivity contribution in [3.63, 3.8) is 0 Å². The third kappa shape index (κ3) is 3.84. The van der Waals surface area contributed by atoms with Gasteiger partial charge in [0.2, 0.25) is 0 Å². The first-order valence-electron chi connectivity index (χ1n) is 5.59. The highest BCUT2D eigenvalue weighted by molar-refractivity contribution is 5.94. The molecule has 0 saturated heterocycles. The summed E-state index contributed by atoms with van der Waals surface area (Å²) < 4.78 is 5.07. The Hall–Kier alpha value is -1.95. The molecular formula is C14H17NO2. The van der Waals surface area contributed by atoms with Gasteiger partial charge in [0.15, 0.2) is 0 Å². The molecule has 1 aromatic carbocycles. The number of hydrogen-bond donors (Lipinski definition) is 1. The number of benzene rings is 1. The second kappa shape index (κ2) is 6.59. The highest BCUT2D eigenvalue weighted by atomic mass is 16.5. The lowest BCUT2D eigenvalue weighted by Gasteiger charge is -2.14. The van der Waals surface area contributed by atoms with Gasteiger partial charge < -0.3 is 10.1 Å². The summed E-state index contributed by atoms with van der Waals surface area (Å²) >= 11 is 0. The predicted octanol–water partition coefficient (Wildman–Crippen LogP) is 2.23. The normalized spacial score (nSPS) is 11.4. The first kappa shape index (κ1) is 13.1. The van der Waals surface area contributed by atoms with Crippen LogP contribution in [0.25, 0.3) is 0 Å². The number of rotatable bonds is 5. The molecule has 90 valence electrons. The minimum absolute atomic E-state index is 0.0266. The van der Waals surface area contributed by atoms with Crippen LogP contribution in [0.3, 0.4) is 0 Å². The van der Waals surface area contributed by atoms with Gasteiger partial charge in [-0.1, -0.05) is 13.0 Å². The zero-order chi connectivity index (χ0) is 12.7. The van der Waals surface area contributed by atoms with Crippen LogP contribution in [0.4, 0.5) is 0 Å². The number of hydrogen-bond acceptors (Lipinski definition) is 2. The Balaban J connectivity index is 2.72. The molecule has 1 aromatic rings. The topological polar surface area (TPSA) is 38.3 Å². The van der Waals surface area contributed by atoms with Crippen LogP contribution in [0.1, 0.15) is 30.1 Å². The maximum Gasteiger partial charge on any atom is 0.251 e. The second-order valence-electron chi connectivity index (χ2n) is 3.72. The third-order valence-electron chi connectivity index (χ3n) is 2.52. The molecule has 3 heteroatoms. The Morgan fingerprint density at radius 2 is 2.35 bits per heavy atom. The molecule has 0 spiro atoms. The summed E-state index contributed by atoms with van der Waals surface area (Å²) in [5.74, 6) is 3.11. The van der Waals surface area contributed by atoms with Gasteiger partial charge in [0.05, 0.1) is 7.11 Å². The molecule has 1 amide bonds. The van der Waals surface area contributed by atoms with E-state index in [0.717, 1.165) is 6.42 Å². The lowest BCUT2D eigenvalue weighted by atomic mass is 10.1. The van der Waals surface area contributed by atoms with Crippen molar-refractivity contribution in [2.24, 2.45) is 0 Å². The molecule has 1 unspecified atom stereocenters. The van der Waals surface area contributed by atoms with E-state index in [0.29, 0.717) is 17.7 Å². The monoisotopic (exact) mass is 231 g/mol. The summed E-state index contributed by atoms with van der Waals surface area (Å²) in [4.78, 5) is 11.9. The lowest BCUT2D eigenvalue weighted by Crippen LogP contribution is -2.34. The molecule has 0 aliphatic carbocycles. The van der Waals surface area contributed by atoms with Gasteiger partial charge in [-0.3, -0.25) is 4.79 Å². The van der Waals surface area contributed by atoms with Crippen LogP contribution in [0.5, 0.6) is 5.75 Å². The van der Waals surface area contributed by atoms with Gasteiger partial charge in [-0.05, 0) is 24.6 Å². The van der Waals surface area contributed by atoms with E-state index in [2.05, 4.69) is 11.2 Å². The minimum Gasteiger partial charge on any atom is -0.497 e. The zero-order valence-corrected chi connectivity index (χ0v) is 10.2. The molecule has 1 atom stereocenters. The molecule has 0 radical (unpaired) electrons. The fraction of sp³-hybridized carbons (Fsp3) is 0.357. The Kier molecular flexibility index (Phi) is 5.09. The summed E-state index contributed by atoms with van der Waals surface area (Å²) in [6, 6.07) is 7.07. The quantitative estimate of drug-likeness (QED) is 0.789. The molecule has 0 fully saturated rings. The number of ether oxygens (including phenoxy) is 1. The van der Waals surface area contributed by atoms with Crippen LogP contribution in [-0.2, 0) is 0 Å². The Bertz CT molecular complexity index is 420. The van der Waals surface area contributed by atoms with Crippen molar-refractivity contribution in [1.29, 1.82) is 0 Å². The van der Waals surface area contributed by atoms with Crippen molar-refractivity contribution < 1.29 is 9.53 Å². The van der Waals surface area contributed by atoms with E-state index in [9.17, 15) is 4.79 Å². The van der Waals surface area contributed by atoms with Gasteiger partial charge in [-0.15, -0.1) is 12.3 Å². The number of methoxy groups -OCH3 is 1. The van der Waals surface area contributed by atoms with E-state index in [-0.39, 0.29) is 11.9 Å². The number of terminal acetylenes is 1. The average Bonchev–Trinajstić information content (AvgIpc) is 2.38. The van der Waals surface area contributed by atoms with Gasteiger partial charge in [-0.2, -0.15) is 0 Å². The van der Waals surface area contributed by atoms with Crippen LogP contribution in [0, 0.1) is 12.3 Å². The fourth-order valence-corrected chi connectivity index (χ4v) is 1.47. The van der Waals surface area contributed by atoms with E-state index >= 15 is 0 Å². The highest BCUT2D eigenvalue weighted by Crippen LogP contribution is 2.12. The highest BCUT2D eigenvalue weighted by Gasteiger charge is 2.11. The first-order chi connectivity index (χ1) is 8.21. The van der Waals surface area contributed by atoms with Crippen molar-refractivity contribution >= 4 is 5.91 Å². The molecule has 0 aliphatic heterocycles. The Labute approximate surface area is 102 Å². The molecule has 0 bridgehead atoms. The van der Waals surface area contributed by atoms with Crippen LogP contribution >= 0.6 is 0 Å². The third-order valence-corrected chi connectivity index (χ3v) is 2.52. The van der Waals surface area contributed by atoms with E-state index in [4.69, 9.17) is 11.2 Å². The van der Waals surface area contributed by atoms with Crippen molar-refractivity contribution in [3.05, 3.63) is 29.8 Å². The molecule has 17 heavy (non-hydrogen) atoms. The minimum atomic E-state index is -0.119. The van der Waals surface area contributed by atoms with E-state index in [1.165, 1.54) is 0 Å². The lowest BCUT2D eigenvalue weighted by molar-refractivity contribution is 0.0936. The molecule has 1 N–H and O–H groups in total. The van der Waals surface area contributed by atoms with E-state index < -0.39 is 0 Å². The number of carbonyl (C=O) groups is 1. The largest absolute Gasteiger partial charge is 0.497 e. The smallest absolute Gasteiger partial charge is 0.251 e. The van der Waals surface area contributed by atoms with Gasteiger partial charge in [0, 0.05) is 18.0 Å². The van der Waals surface area contributed by atoms with E-state index in [1.54, 1.807) is 31.4 Å². The average molecular weight is 231 g/mol. The Morgan fingerprint density at radius 1 is 1.59 bits per heavy atom. The standard InChI is InChI=1S/C14H17NO2/c1-4-7-12(5-2)15-14(16)11-8-6-9-13(10-11)17-3/h1,6,8-10,12H,5,7H2,2-3H3,(H,15,16). The molecule has 0 aromatic heterocycles. The van der Waals surface area contributed by atoms with Crippen molar-refractivity contribution in [2.45, 2.75) is 25.8 Å². The summed E-state index contributed by atoms with van der Waals surface area (Å²) in [5, 5.41) is 2.90. The van der Waals surface area contributed by atoms with Gasteiger partial charge in [0.1, 0.15) is 5.75 Å². The van der Waals surface area contributed by atoms with Gasteiger partial charge in [-0.25, -0.2) is 0 Å². The molecule has 0 aliphatic rings. The maximum atomic E-state index is 11.9.